The molecule has 1 aromatic rings. The third-order valence-electron chi connectivity index (χ3n) is 2.66. The van der Waals surface area contributed by atoms with Crippen LogP contribution in [0, 0.1) is 5.82 Å². The quantitative estimate of drug-likeness (QED) is 0.728. The van der Waals surface area contributed by atoms with Crippen molar-refractivity contribution in [1.82, 2.24) is 0 Å². The van der Waals surface area contributed by atoms with Crippen LogP contribution in [-0.4, -0.2) is 23.0 Å². The number of halogens is 4. The zero-order chi connectivity index (χ0) is 14.1. The van der Waals surface area contributed by atoms with Gasteiger partial charge in [-0.2, -0.15) is 13.2 Å². The van der Waals surface area contributed by atoms with Crippen LogP contribution in [0.15, 0.2) is 18.2 Å². The highest BCUT2D eigenvalue weighted by molar-refractivity contribution is 5.33. The van der Waals surface area contributed by atoms with Crippen LogP contribution in [0.2, 0.25) is 0 Å². The average molecular weight is 267 g/mol. The van der Waals surface area contributed by atoms with E-state index in [1.54, 1.807) is 0 Å². The standard InChI is InChI=1S/C11H13F4NO2/c1-6(16)7-3-2-4-8(9(7)12)10(18,5-17)11(13,14)15/h2-4,6,17-18H,5,16H2,1H3/t6-,10?/m1/s1. The fourth-order valence-electron chi connectivity index (χ4n) is 1.55. The van der Waals surface area contributed by atoms with Gasteiger partial charge < -0.3 is 15.9 Å². The molecule has 0 spiro atoms. The number of alkyl halides is 3. The van der Waals surface area contributed by atoms with Crippen molar-refractivity contribution in [1.29, 1.82) is 0 Å². The number of nitrogens with two attached hydrogens (primary N) is 1. The van der Waals surface area contributed by atoms with Gasteiger partial charge in [-0.25, -0.2) is 4.39 Å². The molecule has 2 atom stereocenters. The molecule has 0 fully saturated rings. The lowest BCUT2D eigenvalue weighted by Crippen LogP contribution is -2.46. The maximum atomic E-state index is 13.9. The summed E-state index contributed by atoms with van der Waals surface area (Å²) in [4.78, 5) is 0. The summed E-state index contributed by atoms with van der Waals surface area (Å²) >= 11 is 0. The van der Waals surface area contributed by atoms with Crippen LogP contribution in [0.1, 0.15) is 24.1 Å². The number of aliphatic hydroxyl groups is 2. The van der Waals surface area contributed by atoms with Gasteiger partial charge in [0.15, 0.2) is 0 Å². The molecule has 0 aliphatic carbocycles. The first kappa shape index (κ1) is 14.9. The van der Waals surface area contributed by atoms with Gasteiger partial charge in [-0.1, -0.05) is 18.2 Å². The van der Waals surface area contributed by atoms with Gasteiger partial charge in [0, 0.05) is 17.2 Å². The second kappa shape index (κ2) is 4.83. The Morgan fingerprint density at radius 2 is 1.89 bits per heavy atom. The van der Waals surface area contributed by atoms with Crippen LogP contribution in [0.5, 0.6) is 0 Å². The van der Waals surface area contributed by atoms with E-state index in [-0.39, 0.29) is 5.56 Å². The Morgan fingerprint density at radius 3 is 2.28 bits per heavy atom. The van der Waals surface area contributed by atoms with Gasteiger partial charge in [-0.3, -0.25) is 0 Å². The SMILES string of the molecule is C[C@@H](N)c1cccc(C(O)(CO)C(F)(F)F)c1F. The molecule has 0 aromatic heterocycles. The van der Waals surface area contributed by atoms with Crippen LogP contribution >= 0.6 is 0 Å². The fourth-order valence-corrected chi connectivity index (χ4v) is 1.55. The summed E-state index contributed by atoms with van der Waals surface area (Å²) in [6, 6.07) is 2.30. The molecule has 18 heavy (non-hydrogen) atoms. The Hall–Kier alpha value is -1.18. The van der Waals surface area contributed by atoms with Crippen molar-refractivity contribution in [3.05, 3.63) is 35.1 Å². The second-order valence-corrected chi connectivity index (χ2v) is 4.01. The average Bonchev–Trinajstić information content (AvgIpc) is 2.26. The molecule has 3 nitrogen and oxygen atoms in total. The van der Waals surface area contributed by atoms with Crippen LogP contribution in [0.3, 0.4) is 0 Å². The van der Waals surface area contributed by atoms with Crippen molar-refractivity contribution < 1.29 is 27.8 Å². The Morgan fingerprint density at radius 1 is 1.33 bits per heavy atom. The number of hydrogen-bond acceptors (Lipinski definition) is 3. The first-order valence-corrected chi connectivity index (χ1v) is 5.09. The molecule has 1 aromatic carbocycles. The first-order chi connectivity index (χ1) is 8.15. The van der Waals surface area contributed by atoms with Crippen LogP contribution in [0.25, 0.3) is 0 Å². The van der Waals surface area contributed by atoms with Gasteiger partial charge in [-0.05, 0) is 6.92 Å². The minimum Gasteiger partial charge on any atom is -0.393 e. The molecule has 0 bridgehead atoms. The molecule has 7 heteroatoms. The third-order valence-corrected chi connectivity index (χ3v) is 2.66. The van der Waals surface area contributed by atoms with E-state index in [2.05, 4.69) is 0 Å². The maximum Gasteiger partial charge on any atom is 0.423 e. The van der Waals surface area contributed by atoms with Crippen LogP contribution < -0.4 is 5.73 Å². The summed E-state index contributed by atoms with van der Waals surface area (Å²) in [5.74, 6) is -1.26. The summed E-state index contributed by atoms with van der Waals surface area (Å²) in [5.41, 5.74) is 0.577. The van der Waals surface area contributed by atoms with E-state index in [9.17, 15) is 22.7 Å². The van der Waals surface area contributed by atoms with Gasteiger partial charge in [0.25, 0.3) is 0 Å². The molecule has 0 saturated heterocycles. The summed E-state index contributed by atoms with van der Waals surface area (Å²) in [5, 5.41) is 18.2. The zero-order valence-corrected chi connectivity index (χ0v) is 9.50. The molecule has 0 aliphatic rings. The molecular formula is C11H13F4NO2. The Labute approximate surface area is 101 Å². The van der Waals surface area contributed by atoms with Gasteiger partial charge in [0.05, 0.1) is 6.61 Å². The predicted octanol–water partition coefficient (Wildman–Crippen LogP) is 1.59. The lowest BCUT2D eigenvalue weighted by molar-refractivity contribution is -0.278. The molecule has 1 unspecified atom stereocenters. The highest BCUT2D eigenvalue weighted by Crippen LogP contribution is 2.40. The monoisotopic (exact) mass is 267 g/mol. The second-order valence-electron chi connectivity index (χ2n) is 4.01. The molecule has 1 rings (SSSR count). The Balaban J connectivity index is 3.45. The van der Waals surface area contributed by atoms with E-state index in [0.29, 0.717) is 0 Å². The highest BCUT2D eigenvalue weighted by Gasteiger charge is 2.56. The molecule has 4 N–H and O–H groups in total. The summed E-state index contributed by atoms with van der Waals surface area (Å²) < 4.78 is 52.0. The maximum absolute atomic E-state index is 13.9. The summed E-state index contributed by atoms with van der Waals surface area (Å²) in [7, 11) is 0. The van der Waals surface area contributed by atoms with Gasteiger partial charge in [0.2, 0.25) is 5.60 Å². The zero-order valence-electron chi connectivity index (χ0n) is 9.50. The highest BCUT2D eigenvalue weighted by atomic mass is 19.4. The molecule has 0 radical (unpaired) electrons. The van der Waals surface area contributed by atoms with Crippen molar-refractivity contribution >= 4 is 0 Å². The molecule has 0 aliphatic heterocycles. The Bertz CT molecular complexity index is 434. The van der Waals surface area contributed by atoms with Gasteiger partial charge in [-0.15, -0.1) is 0 Å². The summed E-state index contributed by atoms with van der Waals surface area (Å²) in [6.07, 6.45) is -5.20. The van der Waals surface area contributed by atoms with E-state index >= 15 is 0 Å². The predicted molar refractivity (Wildman–Crippen MR) is 56.0 cm³/mol. The van der Waals surface area contributed by atoms with E-state index < -0.39 is 35.8 Å². The van der Waals surface area contributed by atoms with Gasteiger partial charge in [0.1, 0.15) is 5.82 Å². The molecule has 0 saturated carbocycles. The van der Waals surface area contributed by atoms with E-state index in [4.69, 9.17) is 10.8 Å². The molecule has 0 amide bonds. The minimum absolute atomic E-state index is 0.163. The molecule has 102 valence electrons. The summed E-state index contributed by atoms with van der Waals surface area (Å²) in [6.45, 7) is -0.274. The van der Waals surface area contributed by atoms with E-state index in [1.165, 1.54) is 13.0 Å². The number of aliphatic hydroxyl groups excluding tert-OH is 1. The lowest BCUT2D eigenvalue weighted by atomic mass is 9.90. The van der Waals surface area contributed by atoms with E-state index in [1.807, 2.05) is 0 Å². The number of benzene rings is 1. The van der Waals surface area contributed by atoms with E-state index in [0.717, 1.165) is 12.1 Å². The van der Waals surface area contributed by atoms with Gasteiger partial charge >= 0.3 is 6.18 Å². The lowest BCUT2D eigenvalue weighted by Gasteiger charge is -2.29. The molecule has 0 heterocycles. The topological polar surface area (TPSA) is 66.5 Å². The third kappa shape index (κ3) is 2.33. The van der Waals surface area contributed by atoms with Crippen LogP contribution in [-0.2, 0) is 5.60 Å². The van der Waals surface area contributed by atoms with Crippen molar-refractivity contribution in [2.24, 2.45) is 5.73 Å². The molecular weight excluding hydrogens is 254 g/mol. The van der Waals surface area contributed by atoms with Crippen molar-refractivity contribution in [3.63, 3.8) is 0 Å². The number of rotatable bonds is 3. The largest absolute Gasteiger partial charge is 0.423 e. The number of hydrogen-bond donors (Lipinski definition) is 3. The minimum atomic E-state index is -5.20. The Kier molecular flexibility index (Phi) is 3.99. The first-order valence-electron chi connectivity index (χ1n) is 5.09. The van der Waals surface area contributed by atoms with Crippen LogP contribution in [0.4, 0.5) is 17.6 Å². The van der Waals surface area contributed by atoms with Crippen molar-refractivity contribution in [2.75, 3.05) is 6.61 Å². The smallest absolute Gasteiger partial charge is 0.393 e. The van der Waals surface area contributed by atoms with Crippen molar-refractivity contribution in [3.8, 4) is 0 Å². The fraction of sp³-hybridized carbons (Fsp3) is 0.455. The normalized spacial score (nSPS) is 17.3. The van der Waals surface area contributed by atoms with Crippen molar-refractivity contribution in [2.45, 2.75) is 24.7 Å².